The molecule has 0 aliphatic rings. The maximum atomic E-state index is 6.08. The Bertz CT molecular complexity index is 711. The van der Waals surface area contributed by atoms with Crippen LogP contribution in [0.4, 0.5) is 0 Å². The average molecular weight is 306 g/mol. The molecule has 102 valence electrons. The van der Waals surface area contributed by atoms with Gasteiger partial charge in [-0.2, -0.15) is 0 Å². The SMILES string of the molecule is COc1c(Cl)ccnc1CSc1nc2ccccc2[nH]1. The van der Waals surface area contributed by atoms with E-state index in [1.54, 1.807) is 31.1 Å². The lowest BCUT2D eigenvalue weighted by Gasteiger charge is -2.07. The second kappa shape index (κ2) is 5.73. The minimum Gasteiger partial charge on any atom is -0.493 e. The number of aromatic nitrogens is 3. The van der Waals surface area contributed by atoms with Crippen molar-refractivity contribution in [3.05, 3.63) is 47.2 Å². The van der Waals surface area contributed by atoms with Crippen molar-refractivity contribution >= 4 is 34.4 Å². The van der Waals surface area contributed by atoms with Gasteiger partial charge in [0.05, 0.1) is 28.9 Å². The summed E-state index contributed by atoms with van der Waals surface area (Å²) in [7, 11) is 1.60. The van der Waals surface area contributed by atoms with Crippen LogP contribution < -0.4 is 4.74 Å². The Morgan fingerprint density at radius 3 is 2.95 bits per heavy atom. The highest BCUT2D eigenvalue weighted by Crippen LogP contribution is 2.31. The predicted molar refractivity (Wildman–Crippen MR) is 81.5 cm³/mol. The van der Waals surface area contributed by atoms with Crippen molar-refractivity contribution in [2.75, 3.05) is 7.11 Å². The van der Waals surface area contributed by atoms with Gasteiger partial charge in [-0.1, -0.05) is 35.5 Å². The number of nitrogens with one attached hydrogen (secondary N) is 1. The summed E-state index contributed by atoms with van der Waals surface area (Å²) in [5.41, 5.74) is 2.80. The Labute approximate surface area is 125 Å². The molecule has 0 amide bonds. The van der Waals surface area contributed by atoms with Crippen molar-refractivity contribution in [2.24, 2.45) is 0 Å². The summed E-state index contributed by atoms with van der Waals surface area (Å²) >= 11 is 7.65. The molecule has 0 radical (unpaired) electrons. The van der Waals surface area contributed by atoms with Gasteiger partial charge in [0.2, 0.25) is 0 Å². The standard InChI is InChI=1S/C14H12ClN3OS/c1-19-13-9(15)6-7-16-12(13)8-20-14-17-10-4-2-3-5-11(10)18-14/h2-7H,8H2,1H3,(H,17,18). The molecule has 0 spiro atoms. The molecule has 1 aromatic carbocycles. The second-order valence-corrected chi connectivity index (χ2v) is 5.49. The summed E-state index contributed by atoms with van der Waals surface area (Å²) in [6.07, 6.45) is 1.68. The Morgan fingerprint density at radius 2 is 2.15 bits per heavy atom. The highest BCUT2D eigenvalue weighted by Gasteiger charge is 2.10. The van der Waals surface area contributed by atoms with Crippen LogP contribution in [-0.4, -0.2) is 22.1 Å². The van der Waals surface area contributed by atoms with Gasteiger partial charge in [-0.25, -0.2) is 4.98 Å². The zero-order valence-corrected chi connectivity index (χ0v) is 12.3. The molecule has 1 N–H and O–H groups in total. The second-order valence-electron chi connectivity index (χ2n) is 4.12. The smallest absolute Gasteiger partial charge is 0.166 e. The van der Waals surface area contributed by atoms with Crippen molar-refractivity contribution in [1.82, 2.24) is 15.0 Å². The van der Waals surface area contributed by atoms with Crippen molar-refractivity contribution in [1.29, 1.82) is 0 Å². The lowest BCUT2D eigenvalue weighted by molar-refractivity contribution is 0.409. The van der Waals surface area contributed by atoms with Gasteiger partial charge in [-0.15, -0.1) is 0 Å². The van der Waals surface area contributed by atoms with E-state index in [-0.39, 0.29) is 0 Å². The van der Waals surface area contributed by atoms with Crippen LogP contribution in [0.5, 0.6) is 5.75 Å². The first-order valence-electron chi connectivity index (χ1n) is 6.03. The third-order valence-electron chi connectivity index (χ3n) is 2.85. The first-order valence-corrected chi connectivity index (χ1v) is 7.39. The Balaban J connectivity index is 1.81. The van der Waals surface area contributed by atoms with E-state index in [0.717, 1.165) is 21.9 Å². The molecule has 0 atom stereocenters. The zero-order chi connectivity index (χ0) is 13.9. The molecule has 0 unspecified atom stereocenters. The fraction of sp³-hybridized carbons (Fsp3) is 0.143. The van der Waals surface area contributed by atoms with Gasteiger partial charge in [-0.3, -0.25) is 4.98 Å². The summed E-state index contributed by atoms with van der Waals surface area (Å²) in [6, 6.07) is 9.66. The maximum Gasteiger partial charge on any atom is 0.166 e. The van der Waals surface area contributed by atoms with E-state index < -0.39 is 0 Å². The third-order valence-corrected chi connectivity index (χ3v) is 4.03. The van der Waals surface area contributed by atoms with Gasteiger partial charge < -0.3 is 9.72 Å². The van der Waals surface area contributed by atoms with Crippen molar-refractivity contribution in [3.63, 3.8) is 0 Å². The highest BCUT2D eigenvalue weighted by atomic mass is 35.5. The number of ether oxygens (including phenoxy) is 1. The number of aromatic amines is 1. The van der Waals surface area contributed by atoms with E-state index in [1.807, 2.05) is 24.3 Å². The number of thioether (sulfide) groups is 1. The van der Waals surface area contributed by atoms with Gasteiger partial charge in [0.25, 0.3) is 0 Å². The lowest BCUT2D eigenvalue weighted by Crippen LogP contribution is -1.94. The van der Waals surface area contributed by atoms with Gasteiger partial charge in [0.1, 0.15) is 0 Å². The molecule has 0 fully saturated rings. The third kappa shape index (κ3) is 2.59. The molecule has 2 aromatic heterocycles. The van der Waals surface area contributed by atoms with E-state index in [1.165, 1.54) is 0 Å². The van der Waals surface area contributed by atoms with Crippen LogP contribution in [0, 0.1) is 0 Å². The van der Waals surface area contributed by atoms with Gasteiger partial charge in [-0.05, 0) is 18.2 Å². The quantitative estimate of drug-likeness (QED) is 0.742. The van der Waals surface area contributed by atoms with Crippen molar-refractivity contribution in [3.8, 4) is 5.75 Å². The first-order chi connectivity index (χ1) is 9.78. The molecule has 3 rings (SSSR count). The topological polar surface area (TPSA) is 50.8 Å². The number of benzene rings is 1. The molecule has 0 bridgehead atoms. The van der Waals surface area contributed by atoms with E-state index in [4.69, 9.17) is 16.3 Å². The Morgan fingerprint density at radius 1 is 1.30 bits per heavy atom. The summed E-state index contributed by atoms with van der Waals surface area (Å²) in [5, 5.41) is 1.43. The number of H-pyrrole nitrogens is 1. The summed E-state index contributed by atoms with van der Waals surface area (Å²) in [6.45, 7) is 0. The zero-order valence-electron chi connectivity index (χ0n) is 10.8. The van der Waals surface area contributed by atoms with Crippen LogP contribution in [0.15, 0.2) is 41.7 Å². The maximum absolute atomic E-state index is 6.08. The summed E-state index contributed by atoms with van der Waals surface area (Å²) in [4.78, 5) is 12.1. The number of hydrogen-bond donors (Lipinski definition) is 1. The van der Waals surface area contributed by atoms with Crippen LogP contribution >= 0.6 is 23.4 Å². The molecule has 20 heavy (non-hydrogen) atoms. The number of rotatable bonds is 4. The number of nitrogens with zero attached hydrogens (tertiary/aromatic N) is 2. The summed E-state index contributed by atoms with van der Waals surface area (Å²) in [5.74, 6) is 1.27. The molecular formula is C14H12ClN3OS. The highest BCUT2D eigenvalue weighted by molar-refractivity contribution is 7.98. The lowest BCUT2D eigenvalue weighted by atomic mass is 10.3. The van der Waals surface area contributed by atoms with Crippen molar-refractivity contribution < 1.29 is 4.74 Å². The van der Waals surface area contributed by atoms with Crippen LogP contribution in [-0.2, 0) is 5.75 Å². The number of imidazole rings is 1. The molecule has 4 nitrogen and oxygen atoms in total. The number of pyridine rings is 1. The molecular weight excluding hydrogens is 294 g/mol. The molecule has 2 heterocycles. The molecule has 0 saturated heterocycles. The van der Waals surface area contributed by atoms with E-state index in [2.05, 4.69) is 15.0 Å². The minimum absolute atomic E-state index is 0.572. The van der Waals surface area contributed by atoms with E-state index in [0.29, 0.717) is 16.5 Å². The number of hydrogen-bond acceptors (Lipinski definition) is 4. The fourth-order valence-electron chi connectivity index (χ4n) is 1.92. The fourth-order valence-corrected chi connectivity index (χ4v) is 2.98. The molecule has 0 aliphatic heterocycles. The first kappa shape index (κ1) is 13.3. The molecule has 0 saturated carbocycles. The molecule has 0 aliphatic carbocycles. The Kier molecular flexibility index (Phi) is 3.80. The van der Waals surface area contributed by atoms with Gasteiger partial charge in [0.15, 0.2) is 10.9 Å². The summed E-state index contributed by atoms with van der Waals surface area (Å²) < 4.78 is 5.29. The van der Waals surface area contributed by atoms with Crippen LogP contribution in [0.1, 0.15) is 5.69 Å². The van der Waals surface area contributed by atoms with Crippen LogP contribution in [0.3, 0.4) is 0 Å². The normalized spacial score (nSPS) is 10.9. The van der Waals surface area contributed by atoms with Crippen LogP contribution in [0.2, 0.25) is 5.02 Å². The largest absolute Gasteiger partial charge is 0.493 e. The number of para-hydroxylation sites is 2. The molecule has 6 heteroatoms. The van der Waals surface area contributed by atoms with Gasteiger partial charge >= 0.3 is 0 Å². The van der Waals surface area contributed by atoms with Crippen molar-refractivity contribution in [2.45, 2.75) is 10.9 Å². The predicted octanol–water partition coefficient (Wildman–Crippen LogP) is 3.91. The minimum atomic E-state index is 0.572. The Hall–Kier alpha value is -1.72. The van der Waals surface area contributed by atoms with Gasteiger partial charge in [0, 0.05) is 11.9 Å². The van der Waals surface area contributed by atoms with E-state index in [9.17, 15) is 0 Å². The van der Waals surface area contributed by atoms with E-state index >= 15 is 0 Å². The average Bonchev–Trinajstić information content (AvgIpc) is 2.88. The monoisotopic (exact) mass is 305 g/mol. The number of fused-ring (bicyclic) bond motifs is 1. The number of methoxy groups -OCH3 is 1. The van der Waals surface area contributed by atoms with Crippen LogP contribution in [0.25, 0.3) is 11.0 Å². The number of halogens is 1. The molecule has 3 aromatic rings.